The van der Waals surface area contributed by atoms with Crippen molar-refractivity contribution in [1.29, 1.82) is 0 Å². The van der Waals surface area contributed by atoms with Crippen LogP contribution in [0.5, 0.6) is 0 Å². The summed E-state index contributed by atoms with van der Waals surface area (Å²) >= 11 is 2.00. The van der Waals surface area contributed by atoms with Gasteiger partial charge in [-0.1, -0.05) is 24.6 Å². The fourth-order valence-electron chi connectivity index (χ4n) is 2.04. The largest absolute Gasteiger partial charge is 0.313 e. The number of rotatable bonds is 1. The van der Waals surface area contributed by atoms with Gasteiger partial charge < -0.3 is 5.32 Å². The van der Waals surface area contributed by atoms with Crippen LogP contribution < -0.4 is 5.32 Å². The highest BCUT2D eigenvalue weighted by molar-refractivity contribution is 8.00. The fourth-order valence-corrected chi connectivity index (χ4v) is 3.25. The van der Waals surface area contributed by atoms with Crippen LogP contribution in [0.4, 0.5) is 0 Å². The molecule has 2 atom stereocenters. The van der Waals surface area contributed by atoms with Crippen molar-refractivity contribution in [2.45, 2.75) is 36.5 Å². The average molecular weight is 207 g/mol. The summed E-state index contributed by atoms with van der Waals surface area (Å²) in [4.78, 5) is 1.45. The minimum Gasteiger partial charge on any atom is -0.313 e. The minimum absolute atomic E-state index is 0.543. The van der Waals surface area contributed by atoms with Gasteiger partial charge >= 0.3 is 0 Å². The van der Waals surface area contributed by atoms with E-state index in [4.69, 9.17) is 0 Å². The Morgan fingerprint density at radius 1 is 1.43 bits per heavy atom. The van der Waals surface area contributed by atoms with Gasteiger partial charge in [0.2, 0.25) is 0 Å². The van der Waals surface area contributed by atoms with E-state index >= 15 is 0 Å². The molecule has 1 N–H and O–H groups in total. The molecular formula is C12H17NS. The quantitative estimate of drug-likeness (QED) is 0.759. The predicted octanol–water partition coefficient (Wildman–Crippen LogP) is 3.14. The second-order valence-corrected chi connectivity index (χ2v) is 5.53. The van der Waals surface area contributed by atoms with E-state index in [2.05, 4.69) is 44.4 Å². The van der Waals surface area contributed by atoms with Crippen LogP contribution in [0, 0.1) is 6.92 Å². The van der Waals surface area contributed by atoms with Gasteiger partial charge in [0.15, 0.2) is 0 Å². The van der Waals surface area contributed by atoms with E-state index in [9.17, 15) is 0 Å². The van der Waals surface area contributed by atoms with E-state index < -0.39 is 0 Å². The number of hydrogen-bond donors (Lipinski definition) is 1. The topological polar surface area (TPSA) is 12.0 Å². The second kappa shape index (κ2) is 3.95. The van der Waals surface area contributed by atoms with Gasteiger partial charge in [0.1, 0.15) is 0 Å². The number of aryl methyl sites for hydroxylation is 1. The molecule has 14 heavy (non-hydrogen) atoms. The van der Waals surface area contributed by atoms with Crippen LogP contribution in [0.25, 0.3) is 0 Å². The Morgan fingerprint density at radius 2 is 2.21 bits per heavy atom. The highest BCUT2D eigenvalue weighted by Gasteiger charge is 2.23. The molecule has 0 amide bonds. The lowest BCUT2D eigenvalue weighted by Crippen LogP contribution is -2.24. The van der Waals surface area contributed by atoms with E-state index in [0.29, 0.717) is 6.04 Å². The first kappa shape index (κ1) is 10.1. The Hall–Kier alpha value is -0.470. The molecule has 0 radical (unpaired) electrons. The lowest BCUT2D eigenvalue weighted by atomic mass is 10.00. The third-order valence-electron chi connectivity index (χ3n) is 2.78. The van der Waals surface area contributed by atoms with Gasteiger partial charge in [0.25, 0.3) is 0 Å². The van der Waals surface area contributed by atoms with Crippen molar-refractivity contribution >= 4 is 11.8 Å². The molecule has 0 aromatic heterocycles. The molecule has 1 aliphatic rings. The van der Waals surface area contributed by atoms with Crippen molar-refractivity contribution in [1.82, 2.24) is 5.32 Å². The molecule has 0 spiro atoms. The molecule has 76 valence electrons. The Labute approximate surface area is 90.3 Å². The summed E-state index contributed by atoms with van der Waals surface area (Å²) in [6.07, 6.45) is 1.23. The summed E-state index contributed by atoms with van der Waals surface area (Å²) in [7, 11) is 2.06. The highest BCUT2D eigenvalue weighted by Crippen LogP contribution is 2.40. The first-order chi connectivity index (χ1) is 6.70. The molecule has 1 heterocycles. The van der Waals surface area contributed by atoms with E-state index in [0.717, 1.165) is 5.25 Å². The molecule has 2 rings (SSSR count). The normalized spacial score (nSPS) is 25.9. The lowest BCUT2D eigenvalue weighted by molar-refractivity contribution is 0.531. The Balaban J connectivity index is 2.41. The van der Waals surface area contributed by atoms with Crippen molar-refractivity contribution in [3.05, 3.63) is 29.3 Å². The smallest absolute Gasteiger partial charge is 0.0339 e. The molecule has 1 aromatic carbocycles. The first-order valence-corrected chi connectivity index (χ1v) is 6.03. The number of benzene rings is 1. The van der Waals surface area contributed by atoms with E-state index in [1.807, 2.05) is 11.8 Å². The summed E-state index contributed by atoms with van der Waals surface area (Å²) < 4.78 is 0. The molecule has 2 heteroatoms. The third-order valence-corrected chi connectivity index (χ3v) is 4.01. The number of thioether (sulfide) groups is 1. The zero-order valence-electron chi connectivity index (χ0n) is 9.00. The second-order valence-electron chi connectivity index (χ2n) is 4.05. The molecule has 0 saturated heterocycles. The van der Waals surface area contributed by atoms with Crippen LogP contribution in [0.2, 0.25) is 0 Å². The summed E-state index contributed by atoms with van der Waals surface area (Å²) in [5.41, 5.74) is 2.84. The number of nitrogens with one attached hydrogen (secondary N) is 1. The van der Waals surface area contributed by atoms with Crippen molar-refractivity contribution in [3.63, 3.8) is 0 Å². The van der Waals surface area contributed by atoms with E-state index in [-0.39, 0.29) is 0 Å². The van der Waals surface area contributed by atoms with Crippen LogP contribution >= 0.6 is 11.8 Å². The summed E-state index contributed by atoms with van der Waals surface area (Å²) in [5.74, 6) is 0. The van der Waals surface area contributed by atoms with Gasteiger partial charge in [0.05, 0.1) is 0 Å². The van der Waals surface area contributed by atoms with Gasteiger partial charge in [-0.15, -0.1) is 11.8 Å². The van der Waals surface area contributed by atoms with Crippen LogP contribution in [-0.2, 0) is 0 Å². The standard InChI is InChI=1S/C12H17NS/c1-8-4-5-12-10(6-8)11(13-3)7-9(2)14-12/h4-6,9,11,13H,7H2,1-3H3. The molecule has 0 bridgehead atoms. The Bertz CT molecular complexity index is 335. The Morgan fingerprint density at radius 3 is 2.93 bits per heavy atom. The zero-order valence-corrected chi connectivity index (χ0v) is 9.82. The van der Waals surface area contributed by atoms with Crippen LogP contribution in [-0.4, -0.2) is 12.3 Å². The minimum atomic E-state index is 0.543. The Kier molecular flexibility index (Phi) is 2.84. The molecule has 1 aromatic rings. The van der Waals surface area contributed by atoms with E-state index in [1.165, 1.54) is 22.4 Å². The van der Waals surface area contributed by atoms with Crippen LogP contribution in [0.3, 0.4) is 0 Å². The monoisotopic (exact) mass is 207 g/mol. The van der Waals surface area contributed by atoms with Gasteiger partial charge in [-0.25, -0.2) is 0 Å². The maximum atomic E-state index is 3.40. The van der Waals surface area contributed by atoms with Crippen molar-refractivity contribution in [2.75, 3.05) is 7.05 Å². The molecule has 0 fully saturated rings. The molecule has 0 aliphatic carbocycles. The predicted molar refractivity (Wildman–Crippen MR) is 62.9 cm³/mol. The van der Waals surface area contributed by atoms with Crippen molar-refractivity contribution in [3.8, 4) is 0 Å². The van der Waals surface area contributed by atoms with Crippen molar-refractivity contribution < 1.29 is 0 Å². The third kappa shape index (κ3) is 1.82. The molecule has 2 unspecified atom stereocenters. The summed E-state index contributed by atoms with van der Waals surface area (Å²) in [6, 6.07) is 7.32. The van der Waals surface area contributed by atoms with Crippen molar-refractivity contribution in [2.24, 2.45) is 0 Å². The zero-order chi connectivity index (χ0) is 10.1. The number of fused-ring (bicyclic) bond motifs is 1. The lowest BCUT2D eigenvalue weighted by Gasteiger charge is -2.29. The first-order valence-electron chi connectivity index (χ1n) is 5.15. The summed E-state index contributed by atoms with van der Waals surface area (Å²) in [6.45, 7) is 4.47. The molecular weight excluding hydrogens is 190 g/mol. The van der Waals surface area contributed by atoms with Gasteiger partial charge in [-0.05, 0) is 32.0 Å². The van der Waals surface area contributed by atoms with Crippen LogP contribution in [0.15, 0.2) is 23.1 Å². The van der Waals surface area contributed by atoms with Gasteiger partial charge in [0, 0.05) is 16.2 Å². The van der Waals surface area contributed by atoms with Gasteiger partial charge in [-0.2, -0.15) is 0 Å². The molecule has 0 saturated carbocycles. The maximum Gasteiger partial charge on any atom is 0.0339 e. The van der Waals surface area contributed by atoms with Gasteiger partial charge in [-0.3, -0.25) is 0 Å². The SMILES string of the molecule is CNC1CC(C)Sc2ccc(C)cc21. The summed E-state index contributed by atoms with van der Waals surface area (Å²) in [5, 5.41) is 4.13. The van der Waals surface area contributed by atoms with Crippen LogP contribution in [0.1, 0.15) is 30.5 Å². The molecule has 1 nitrogen and oxygen atoms in total. The fraction of sp³-hybridized carbons (Fsp3) is 0.500. The maximum absolute atomic E-state index is 3.40. The molecule has 1 aliphatic heterocycles. The average Bonchev–Trinajstić information content (AvgIpc) is 2.17. The number of hydrogen-bond acceptors (Lipinski definition) is 2. The highest BCUT2D eigenvalue weighted by atomic mass is 32.2. The van der Waals surface area contributed by atoms with E-state index in [1.54, 1.807) is 0 Å².